The number of halogens is 1. The minimum absolute atomic E-state index is 0.835. The van der Waals surface area contributed by atoms with Gasteiger partial charge in [-0.1, -0.05) is 37.3 Å². The molecule has 0 aliphatic carbocycles. The highest BCUT2D eigenvalue weighted by molar-refractivity contribution is 7.31. The second-order valence-electron chi connectivity index (χ2n) is 4.54. The van der Waals surface area contributed by atoms with Gasteiger partial charge in [-0.05, 0) is 28.1 Å². The van der Waals surface area contributed by atoms with E-state index in [-0.39, 0.29) is 0 Å². The first-order valence-electron chi connectivity index (χ1n) is 4.66. The van der Waals surface area contributed by atoms with Crippen LogP contribution in [0.1, 0.15) is 0 Å². The molecule has 0 aliphatic heterocycles. The fraction of sp³-hybridized carbons (Fsp3) is 0.273. The van der Waals surface area contributed by atoms with Crippen molar-refractivity contribution in [1.29, 1.82) is 0 Å². The summed E-state index contributed by atoms with van der Waals surface area (Å²) in [5.74, 6) is 0. The lowest BCUT2D eigenvalue weighted by Gasteiger charge is -2.11. The first kappa shape index (κ1) is 10.2. The van der Waals surface area contributed by atoms with Gasteiger partial charge in [0.2, 0.25) is 0 Å². The summed E-state index contributed by atoms with van der Waals surface area (Å²) in [5.41, 5.74) is 0. The zero-order valence-electron chi connectivity index (χ0n) is 8.60. The Hall–Kier alpha value is -0.313. The molecule has 1 heterocycles. The summed E-state index contributed by atoms with van der Waals surface area (Å²) in [6.45, 7) is 7.12. The Morgan fingerprint density at radius 2 is 1.86 bits per heavy atom. The molecule has 0 fully saturated rings. The predicted molar refractivity (Wildman–Crippen MR) is 69.8 cm³/mol. The standard InChI is InChI=1S/C11H13ClSSi/c1-14(2,3)11-6-8-4-5-9(12)7-10(8)13-11/h4-7H,1-3H3. The van der Waals surface area contributed by atoms with Crippen LogP contribution in [-0.4, -0.2) is 8.07 Å². The van der Waals surface area contributed by atoms with E-state index in [1.54, 1.807) is 4.50 Å². The van der Waals surface area contributed by atoms with Crippen molar-refractivity contribution in [2.45, 2.75) is 19.6 Å². The molecule has 0 spiro atoms. The third-order valence-corrected chi connectivity index (χ3v) is 7.13. The number of hydrogen-bond donors (Lipinski definition) is 0. The third kappa shape index (κ3) is 1.87. The molecule has 1 aromatic carbocycles. The lowest BCUT2D eigenvalue weighted by Crippen LogP contribution is -2.34. The van der Waals surface area contributed by atoms with Gasteiger partial charge in [0.05, 0.1) is 8.07 Å². The second-order valence-corrected chi connectivity index (χ2v) is 11.5. The van der Waals surface area contributed by atoms with Crippen LogP contribution in [0, 0.1) is 0 Å². The van der Waals surface area contributed by atoms with Crippen molar-refractivity contribution < 1.29 is 0 Å². The molecule has 0 radical (unpaired) electrons. The number of rotatable bonds is 1. The van der Waals surface area contributed by atoms with Crippen LogP contribution in [0.4, 0.5) is 0 Å². The van der Waals surface area contributed by atoms with E-state index in [2.05, 4.69) is 37.8 Å². The zero-order chi connectivity index (χ0) is 10.3. The van der Waals surface area contributed by atoms with Gasteiger partial charge in [0.1, 0.15) is 0 Å². The zero-order valence-corrected chi connectivity index (χ0v) is 11.2. The third-order valence-electron chi connectivity index (χ3n) is 2.22. The summed E-state index contributed by atoms with van der Waals surface area (Å²) in [4.78, 5) is 0. The van der Waals surface area contributed by atoms with Gasteiger partial charge in [-0.2, -0.15) is 0 Å². The van der Waals surface area contributed by atoms with Crippen molar-refractivity contribution in [3.05, 3.63) is 29.3 Å². The van der Waals surface area contributed by atoms with Crippen molar-refractivity contribution in [2.75, 3.05) is 0 Å². The van der Waals surface area contributed by atoms with Crippen molar-refractivity contribution in [2.24, 2.45) is 0 Å². The summed E-state index contributed by atoms with van der Waals surface area (Å²) >= 11 is 7.86. The molecule has 0 nitrogen and oxygen atoms in total. The van der Waals surface area contributed by atoms with Crippen LogP contribution in [0.15, 0.2) is 24.3 Å². The molecule has 0 atom stereocenters. The lowest BCUT2D eigenvalue weighted by atomic mass is 10.3. The molecule has 2 rings (SSSR count). The van der Waals surface area contributed by atoms with Crippen LogP contribution in [0.3, 0.4) is 0 Å². The highest BCUT2D eigenvalue weighted by Crippen LogP contribution is 2.25. The van der Waals surface area contributed by atoms with Gasteiger partial charge < -0.3 is 0 Å². The Morgan fingerprint density at radius 1 is 1.14 bits per heavy atom. The van der Waals surface area contributed by atoms with Gasteiger partial charge >= 0.3 is 0 Å². The van der Waals surface area contributed by atoms with Crippen LogP contribution in [0.25, 0.3) is 10.1 Å². The van der Waals surface area contributed by atoms with Crippen LogP contribution in [0.5, 0.6) is 0 Å². The average Bonchev–Trinajstić information content (AvgIpc) is 2.45. The molecule has 0 N–H and O–H groups in total. The van der Waals surface area contributed by atoms with E-state index in [0.717, 1.165) is 5.02 Å². The topological polar surface area (TPSA) is 0 Å². The fourth-order valence-electron chi connectivity index (χ4n) is 1.37. The van der Waals surface area contributed by atoms with Crippen LogP contribution in [-0.2, 0) is 0 Å². The molecule has 74 valence electrons. The molecule has 0 amide bonds. The summed E-state index contributed by atoms with van der Waals surface area (Å²) in [7, 11) is -1.16. The van der Waals surface area contributed by atoms with E-state index < -0.39 is 8.07 Å². The lowest BCUT2D eigenvalue weighted by molar-refractivity contribution is 1.79. The molecule has 0 unspecified atom stereocenters. The van der Waals surface area contributed by atoms with E-state index in [4.69, 9.17) is 11.6 Å². The molecule has 3 heteroatoms. The van der Waals surface area contributed by atoms with Gasteiger partial charge in [0, 0.05) is 9.72 Å². The van der Waals surface area contributed by atoms with Gasteiger partial charge in [-0.15, -0.1) is 11.3 Å². The number of hydrogen-bond acceptors (Lipinski definition) is 1. The Kier molecular flexibility index (Phi) is 2.46. The van der Waals surface area contributed by atoms with Gasteiger partial charge in [0.15, 0.2) is 0 Å². The summed E-state index contributed by atoms with van der Waals surface area (Å²) in [5, 5.41) is 2.17. The molecule has 1 aromatic heterocycles. The van der Waals surface area contributed by atoms with Gasteiger partial charge in [-0.25, -0.2) is 0 Å². The van der Waals surface area contributed by atoms with Crippen molar-refractivity contribution in [3.8, 4) is 0 Å². The average molecular weight is 241 g/mol. The Bertz CT molecular complexity index is 468. The first-order valence-corrected chi connectivity index (χ1v) is 9.36. The maximum Gasteiger partial charge on any atom is 0.0904 e. The molecular weight excluding hydrogens is 228 g/mol. The Labute approximate surface area is 94.5 Å². The van der Waals surface area contributed by atoms with Crippen molar-refractivity contribution in [3.63, 3.8) is 0 Å². The number of benzene rings is 1. The van der Waals surface area contributed by atoms with Gasteiger partial charge in [-0.3, -0.25) is 0 Å². The molecule has 0 aliphatic rings. The summed E-state index contributed by atoms with van der Waals surface area (Å²) in [6.07, 6.45) is 0. The largest absolute Gasteiger partial charge is 0.145 e. The number of thiophene rings is 1. The maximum atomic E-state index is 5.96. The fourth-order valence-corrected chi connectivity index (χ4v) is 4.61. The van der Waals surface area contributed by atoms with Crippen LogP contribution >= 0.6 is 22.9 Å². The minimum Gasteiger partial charge on any atom is -0.145 e. The van der Waals surface area contributed by atoms with Crippen LogP contribution < -0.4 is 4.50 Å². The predicted octanol–water partition coefficient (Wildman–Crippen LogP) is 4.10. The van der Waals surface area contributed by atoms with E-state index >= 15 is 0 Å². The molecule has 14 heavy (non-hydrogen) atoms. The molecule has 2 aromatic rings. The Balaban J connectivity index is 2.63. The van der Waals surface area contributed by atoms with Crippen molar-refractivity contribution in [1.82, 2.24) is 0 Å². The number of fused-ring (bicyclic) bond motifs is 1. The summed E-state index contributed by atoms with van der Waals surface area (Å²) in [6, 6.07) is 8.45. The first-order chi connectivity index (χ1) is 6.47. The highest BCUT2D eigenvalue weighted by Gasteiger charge is 2.18. The normalized spacial score (nSPS) is 12.3. The molecule has 0 bridgehead atoms. The summed E-state index contributed by atoms with van der Waals surface area (Å²) < 4.78 is 2.87. The monoisotopic (exact) mass is 240 g/mol. The van der Waals surface area contributed by atoms with Gasteiger partial charge in [0.25, 0.3) is 0 Å². The molecular formula is C11H13ClSSi. The smallest absolute Gasteiger partial charge is 0.0904 e. The molecule has 0 saturated heterocycles. The van der Waals surface area contributed by atoms with E-state index in [0.29, 0.717) is 0 Å². The van der Waals surface area contributed by atoms with E-state index in [1.807, 2.05) is 17.4 Å². The Morgan fingerprint density at radius 3 is 2.50 bits per heavy atom. The SMILES string of the molecule is C[Si](C)(C)c1cc2ccc(Cl)cc2s1. The van der Waals surface area contributed by atoms with E-state index in [1.165, 1.54) is 10.1 Å². The highest BCUT2D eigenvalue weighted by atomic mass is 35.5. The maximum absolute atomic E-state index is 5.96. The van der Waals surface area contributed by atoms with Crippen molar-refractivity contribution >= 4 is 45.6 Å². The molecule has 0 saturated carbocycles. The quantitative estimate of drug-likeness (QED) is 0.659. The second kappa shape index (κ2) is 3.37. The van der Waals surface area contributed by atoms with Crippen LogP contribution in [0.2, 0.25) is 24.7 Å². The van der Waals surface area contributed by atoms with E-state index in [9.17, 15) is 0 Å². The minimum atomic E-state index is -1.16.